The highest BCUT2D eigenvalue weighted by molar-refractivity contribution is 4.99. The Balaban J connectivity index is 1.91. The molecular weight excluding hydrogens is 246 g/mol. The molecular formula is C13H23N3O3. The van der Waals surface area contributed by atoms with E-state index >= 15 is 0 Å². The monoisotopic (exact) mass is 269 g/mol. The van der Waals surface area contributed by atoms with Gasteiger partial charge in [-0.2, -0.15) is 4.98 Å². The van der Waals surface area contributed by atoms with Crippen LogP contribution in [0, 0.1) is 0 Å². The van der Waals surface area contributed by atoms with Crippen LogP contribution >= 0.6 is 0 Å². The molecule has 1 atom stereocenters. The Morgan fingerprint density at radius 1 is 1.37 bits per heavy atom. The number of methoxy groups -OCH3 is 1. The van der Waals surface area contributed by atoms with Crippen molar-refractivity contribution in [2.75, 3.05) is 7.11 Å². The zero-order chi connectivity index (χ0) is 14.1. The number of rotatable bonds is 5. The molecule has 0 unspecified atom stereocenters. The summed E-state index contributed by atoms with van der Waals surface area (Å²) in [5.74, 6) is 1.15. The fraction of sp³-hybridized carbons (Fsp3) is 0.846. The van der Waals surface area contributed by atoms with Crippen molar-refractivity contribution in [1.29, 1.82) is 0 Å². The van der Waals surface area contributed by atoms with Crippen LogP contribution in [0.2, 0.25) is 0 Å². The van der Waals surface area contributed by atoms with Crippen molar-refractivity contribution in [3.63, 3.8) is 0 Å². The van der Waals surface area contributed by atoms with Crippen molar-refractivity contribution in [2.24, 2.45) is 0 Å². The Hall–Kier alpha value is -0.980. The van der Waals surface area contributed by atoms with Crippen molar-refractivity contribution in [2.45, 2.75) is 64.5 Å². The summed E-state index contributed by atoms with van der Waals surface area (Å²) in [6, 6.07) is 0.270. The van der Waals surface area contributed by atoms with Crippen molar-refractivity contribution in [1.82, 2.24) is 15.5 Å². The minimum absolute atomic E-state index is 0.0976. The van der Waals surface area contributed by atoms with Crippen LogP contribution in [0.25, 0.3) is 0 Å². The van der Waals surface area contributed by atoms with Gasteiger partial charge in [-0.05, 0) is 34.1 Å². The molecule has 1 fully saturated rings. The molecule has 1 N–H and O–H groups in total. The molecule has 1 saturated heterocycles. The first-order chi connectivity index (χ1) is 8.82. The predicted molar refractivity (Wildman–Crippen MR) is 69.5 cm³/mol. The average molecular weight is 269 g/mol. The molecule has 108 valence electrons. The highest BCUT2D eigenvalue weighted by Crippen LogP contribution is 2.37. The molecule has 2 heterocycles. The van der Waals surface area contributed by atoms with Crippen LogP contribution < -0.4 is 5.32 Å². The lowest BCUT2D eigenvalue weighted by molar-refractivity contribution is -0.0699. The highest BCUT2D eigenvalue weighted by Gasteiger charge is 2.45. The molecule has 0 spiro atoms. The molecule has 1 aliphatic heterocycles. The first-order valence-corrected chi connectivity index (χ1v) is 6.56. The van der Waals surface area contributed by atoms with Crippen molar-refractivity contribution < 1.29 is 14.0 Å². The molecule has 6 nitrogen and oxygen atoms in total. The van der Waals surface area contributed by atoms with Gasteiger partial charge in [0, 0.05) is 13.2 Å². The zero-order valence-electron chi connectivity index (χ0n) is 12.3. The minimum atomic E-state index is -0.192. The Morgan fingerprint density at radius 3 is 2.68 bits per heavy atom. The maximum absolute atomic E-state index is 6.03. The molecule has 1 aliphatic rings. The predicted octanol–water partition coefficient (Wildman–Crippen LogP) is 1.65. The maximum Gasteiger partial charge on any atom is 0.252 e. The molecule has 1 aromatic heterocycles. The summed E-state index contributed by atoms with van der Waals surface area (Å²) in [6.07, 6.45) is 0.961. The average Bonchev–Trinajstić information content (AvgIpc) is 2.78. The fourth-order valence-electron chi connectivity index (χ4n) is 2.64. The minimum Gasteiger partial charge on any atom is -0.375 e. The number of hydrogen-bond acceptors (Lipinski definition) is 6. The van der Waals surface area contributed by atoms with E-state index in [-0.39, 0.29) is 17.2 Å². The van der Waals surface area contributed by atoms with Gasteiger partial charge in [0.2, 0.25) is 0 Å². The van der Waals surface area contributed by atoms with Crippen molar-refractivity contribution in [3.8, 4) is 0 Å². The van der Waals surface area contributed by atoms with Gasteiger partial charge in [0.25, 0.3) is 5.89 Å². The highest BCUT2D eigenvalue weighted by atomic mass is 16.5. The second kappa shape index (κ2) is 5.19. The lowest BCUT2D eigenvalue weighted by Gasteiger charge is -2.27. The topological polar surface area (TPSA) is 69.4 Å². The Bertz CT molecular complexity index is 429. The van der Waals surface area contributed by atoms with Crippen LogP contribution in [0.3, 0.4) is 0 Å². The SMILES string of the molecule is COCc1nc(CN[C@@H]2CC(C)(C)OC2(C)C)no1. The third kappa shape index (κ3) is 3.52. The van der Waals surface area contributed by atoms with Gasteiger partial charge < -0.3 is 19.3 Å². The first-order valence-electron chi connectivity index (χ1n) is 6.56. The number of hydrogen-bond donors (Lipinski definition) is 1. The summed E-state index contributed by atoms with van der Waals surface area (Å²) >= 11 is 0. The van der Waals surface area contributed by atoms with E-state index in [4.69, 9.17) is 14.0 Å². The molecule has 0 amide bonds. The van der Waals surface area contributed by atoms with E-state index in [2.05, 4.69) is 43.2 Å². The van der Waals surface area contributed by atoms with E-state index in [0.29, 0.717) is 24.9 Å². The van der Waals surface area contributed by atoms with Crippen LogP contribution in [0.1, 0.15) is 45.8 Å². The largest absolute Gasteiger partial charge is 0.375 e. The smallest absolute Gasteiger partial charge is 0.252 e. The quantitative estimate of drug-likeness (QED) is 0.876. The Morgan fingerprint density at radius 2 is 2.11 bits per heavy atom. The fourth-order valence-corrected chi connectivity index (χ4v) is 2.64. The molecule has 0 bridgehead atoms. The lowest BCUT2D eigenvalue weighted by Crippen LogP contribution is -2.43. The van der Waals surface area contributed by atoms with Crippen molar-refractivity contribution in [3.05, 3.63) is 11.7 Å². The first kappa shape index (κ1) is 14.4. The van der Waals surface area contributed by atoms with Crippen LogP contribution in [0.15, 0.2) is 4.52 Å². The molecule has 0 saturated carbocycles. The Kier molecular flexibility index (Phi) is 3.94. The second-order valence-corrected chi connectivity index (χ2v) is 6.14. The van der Waals surface area contributed by atoms with E-state index in [1.807, 2.05) is 0 Å². The van der Waals surface area contributed by atoms with Crippen LogP contribution in [0.5, 0.6) is 0 Å². The van der Waals surface area contributed by atoms with Crippen LogP contribution in [-0.2, 0) is 22.6 Å². The summed E-state index contributed by atoms with van der Waals surface area (Å²) in [6.45, 7) is 9.35. The summed E-state index contributed by atoms with van der Waals surface area (Å²) in [4.78, 5) is 4.24. The maximum atomic E-state index is 6.03. The van der Waals surface area contributed by atoms with Gasteiger partial charge in [0.15, 0.2) is 5.82 Å². The number of aromatic nitrogens is 2. The van der Waals surface area contributed by atoms with Crippen LogP contribution in [0.4, 0.5) is 0 Å². The van der Waals surface area contributed by atoms with E-state index in [0.717, 1.165) is 6.42 Å². The summed E-state index contributed by atoms with van der Waals surface area (Å²) < 4.78 is 16.0. The van der Waals surface area contributed by atoms with Gasteiger partial charge >= 0.3 is 0 Å². The molecule has 19 heavy (non-hydrogen) atoms. The van der Waals surface area contributed by atoms with Gasteiger partial charge in [0.05, 0.1) is 17.7 Å². The van der Waals surface area contributed by atoms with Gasteiger partial charge in [-0.25, -0.2) is 0 Å². The van der Waals surface area contributed by atoms with Crippen molar-refractivity contribution >= 4 is 0 Å². The molecule has 0 aliphatic carbocycles. The van der Waals surface area contributed by atoms with E-state index in [1.165, 1.54) is 0 Å². The molecule has 1 aromatic rings. The third-order valence-electron chi connectivity index (χ3n) is 3.36. The molecule has 0 aromatic carbocycles. The van der Waals surface area contributed by atoms with E-state index < -0.39 is 0 Å². The van der Waals surface area contributed by atoms with Gasteiger partial charge in [-0.3, -0.25) is 0 Å². The zero-order valence-corrected chi connectivity index (χ0v) is 12.3. The molecule has 0 radical (unpaired) electrons. The Labute approximate surface area is 113 Å². The number of ether oxygens (including phenoxy) is 2. The normalized spacial score (nSPS) is 24.8. The summed E-state index contributed by atoms with van der Waals surface area (Å²) in [5, 5.41) is 7.36. The summed E-state index contributed by atoms with van der Waals surface area (Å²) in [5.41, 5.74) is -0.289. The number of nitrogens with one attached hydrogen (secondary N) is 1. The second-order valence-electron chi connectivity index (χ2n) is 6.14. The van der Waals surface area contributed by atoms with Gasteiger partial charge in [-0.1, -0.05) is 5.16 Å². The van der Waals surface area contributed by atoms with Crippen LogP contribution in [-0.4, -0.2) is 34.5 Å². The lowest BCUT2D eigenvalue weighted by atomic mass is 9.94. The standard InChI is InChI=1S/C13H23N3O3/c1-12(2)6-9(13(3,4)19-12)14-7-10-15-11(8-17-5)18-16-10/h9,14H,6-8H2,1-5H3/t9-/m1/s1. The van der Waals surface area contributed by atoms with Gasteiger partial charge in [0.1, 0.15) is 6.61 Å². The van der Waals surface area contributed by atoms with E-state index in [9.17, 15) is 0 Å². The van der Waals surface area contributed by atoms with Gasteiger partial charge in [-0.15, -0.1) is 0 Å². The summed E-state index contributed by atoms with van der Waals surface area (Å²) in [7, 11) is 1.60. The molecule has 6 heteroatoms. The number of nitrogens with zero attached hydrogens (tertiary/aromatic N) is 2. The third-order valence-corrected chi connectivity index (χ3v) is 3.36. The van der Waals surface area contributed by atoms with E-state index in [1.54, 1.807) is 7.11 Å². The molecule has 2 rings (SSSR count).